The third-order valence-electron chi connectivity index (χ3n) is 5.06. The van der Waals surface area contributed by atoms with E-state index in [9.17, 15) is 9.59 Å². The number of nitrogens with one attached hydrogen (secondary N) is 2. The van der Waals surface area contributed by atoms with Crippen molar-refractivity contribution in [2.45, 2.75) is 13.5 Å². The molecular weight excluding hydrogens is 436 g/mol. The van der Waals surface area contributed by atoms with E-state index in [2.05, 4.69) is 15.6 Å². The van der Waals surface area contributed by atoms with Gasteiger partial charge in [-0.15, -0.1) is 0 Å². The molecule has 0 saturated heterocycles. The number of anilines is 2. The predicted molar refractivity (Wildman–Crippen MR) is 129 cm³/mol. The first-order valence-electron chi connectivity index (χ1n) is 10.5. The Morgan fingerprint density at radius 1 is 0.971 bits per heavy atom. The average Bonchev–Trinajstić information content (AvgIpc) is 2.83. The Bertz CT molecular complexity index is 1380. The number of hydrogen-bond acceptors (Lipinski definition) is 6. The highest BCUT2D eigenvalue weighted by Gasteiger charge is 2.11. The predicted octanol–water partition coefficient (Wildman–Crippen LogP) is 4.24. The summed E-state index contributed by atoms with van der Waals surface area (Å²) >= 11 is 0. The minimum absolute atomic E-state index is 0.0630. The Kier molecular flexibility index (Phi) is 6.63. The van der Waals surface area contributed by atoms with E-state index < -0.39 is 6.03 Å². The second-order valence-corrected chi connectivity index (χ2v) is 7.44. The molecule has 34 heavy (non-hydrogen) atoms. The fourth-order valence-electron chi connectivity index (χ4n) is 3.39. The summed E-state index contributed by atoms with van der Waals surface area (Å²) < 4.78 is 17.9. The molecule has 0 aliphatic rings. The van der Waals surface area contributed by atoms with Gasteiger partial charge in [0, 0.05) is 36.1 Å². The van der Waals surface area contributed by atoms with Crippen molar-refractivity contribution in [3.63, 3.8) is 0 Å². The van der Waals surface area contributed by atoms with Gasteiger partial charge < -0.3 is 24.8 Å². The number of fused-ring (bicyclic) bond motifs is 1. The number of benzene rings is 2. The molecule has 0 radical (unpaired) electrons. The zero-order chi connectivity index (χ0) is 24.1. The second kappa shape index (κ2) is 9.95. The van der Waals surface area contributed by atoms with Gasteiger partial charge in [-0.05, 0) is 30.7 Å². The maximum absolute atomic E-state index is 12.6. The summed E-state index contributed by atoms with van der Waals surface area (Å²) in [5.74, 6) is 1.53. The number of aromatic nitrogens is 2. The molecule has 9 nitrogen and oxygen atoms in total. The number of aryl methyl sites for hydroxylation is 1. The van der Waals surface area contributed by atoms with E-state index in [0.717, 1.165) is 5.56 Å². The van der Waals surface area contributed by atoms with Gasteiger partial charge in [-0.2, -0.15) is 0 Å². The topological polar surface area (TPSA) is 103 Å². The summed E-state index contributed by atoms with van der Waals surface area (Å²) in [6.45, 7) is 1.95. The molecule has 0 bridgehead atoms. The van der Waals surface area contributed by atoms with Crippen LogP contribution in [0, 0.1) is 6.92 Å². The van der Waals surface area contributed by atoms with E-state index in [-0.39, 0.29) is 12.2 Å². The van der Waals surface area contributed by atoms with Crippen molar-refractivity contribution >= 4 is 23.1 Å². The molecule has 0 fully saturated rings. The van der Waals surface area contributed by atoms with Crippen LogP contribution < -0.4 is 30.4 Å². The number of pyridine rings is 1. The molecule has 2 amide bonds. The molecule has 2 aromatic carbocycles. The molecule has 0 unspecified atom stereocenters. The lowest BCUT2D eigenvalue weighted by Crippen LogP contribution is -2.20. The van der Waals surface area contributed by atoms with Crippen molar-refractivity contribution < 1.29 is 19.0 Å². The molecule has 0 aliphatic carbocycles. The quantitative estimate of drug-likeness (QED) is 0.428. The van der Waals surface area contributed by atoms with Crippen molar-refractivity contribution in [3.8, 4) is 17.2 Å². The summed E-state index contributed by atoms with van der Waals surface area (Å²) in [4.78, 5) is 29.6. The van der Waals surface area contributed by atoms with Crippen LogP contribution in [0.3, 0.4) is 0 Å². The monoisotopic (exact) mass is 460 g/mol. The molecule has 9 heteroatoms. The van der Waals surface area contributed by atoms with Crippen molar-refractivity contribution in [2.24, 2.45) is 0 Å². The Hall–Kier alpha value is -4.53. The lowest BCUT2D eigenvalue weighted by Gasteiger charge is -2.14. The molecule has 0 saturated carbocycles. The van der Waals surface area contributed by atoms with Crippen LogP contribution in [-0.4, -0.2) is 29.6 Å². The highest BCUT2D eigenvalue weighted by Crippen LogP contribution is 2.27. The highest BCUT2D eigenvalue weighted by molar-refractivity contribution is 6.00. The molecule has 0 atom stereocenters. The zero-order valence-electron chi connectivity index (χ0n) is 19.0. The van der Waals surface area contributed by atoms with Gasteiger partial charge in [0.15, 0.2) is 0 Å². The Morgan fingerprint density at radius 2 is 1.71 bits per heavy atom. The van der Waals surface area contributed by atoms with Crippen molar-refractivity contribution in [3.05, 3.63) is 88.5 Å². The van der Waals surface area contributed by atoms with Crippen molar-refractivity contribution in [1.29, 1.82) is 0 Å². The molecule has 0 aliphatic heterocycles. The fraction of sp³-hybridized carbons (Fsp3) is 0.160. The van der Waals surface area contributed by atoms with Crippen LogP contribution in [0.2, 0.25) is 0 Å². The van der Waals surface area contributed by atoms with Crippen LogP contribution in [0.25, 0.3) is 5.65 Å². The van der Waals surface area contributed by atoms with Crippen LogP contribution in [0.4, 0.5) is 16.2 Å². The summed E-state index contributed by atoms with van der Waals surface area (Å²) in [5.41, 5.74) is 2.73. The van der Waals surface area contributed by atoms with Crippen LogP contribution in [0.1, 0.15) is 11.3 Å². The van der Waals surface area contributed by atoms with Gasteiger partial charge in [0.05, 0.1) is 25.6 Å². The minimum Gasteiger partial charge on any atom is -0.497 e. The lowest BCUT2D eigenvalue weighted by molar-refractivity contribution is 0.261. The zero-order valence-corrected chi connectivity index (χ0v) is 19.0. The molecular formula is C25H24N4O5. The van der Waals surface area contributed by atoms with Gasteiger partial charge in [-0.25, -0.2) is 9.78 Å². The number of nitrogens with zero attached hydrogens (tertiary/aromatic N) is 2. The number of urea groups is 1. The first kappa shape index (κ1) is 22.7. The van der Waals surface area contributed by atoms with Gasteiger partial charge in [0.1, 0.15) is 29.5 Å². The summed E-state index contributed by atoms with van der Waals surface area (Å²) in [7, 11) is 3.07. The normalized spacial score (nSPS) is 10.6. The second-order valence-electron chi connectivity index (χ2n) is 7.44. The average molecular weight is 460 g/mol. The van der Waals surface area contributed by atoms with Gasteiger partial charge in [-0.1, -0.05) is 18.2 Å². The Balaban J connectivity index is 1.48. The van der Waals surface area contributed by atoms with Gasteiger partial charge in [0.2, 0.25) is 0 Å². The van der Waals surface area contributed by atoms with E-state index in [1.807, 2.05) is 13.0 Å². The highest BCUT2D eigenvalue weighted by atomic mass is 16.5. The minimum atomic E-state index is -0.468. The van der Waals surface area contributed by atoms with E-state index in [1.54, 1.807) is 54.7 Å². The van der Waals surface area contributed by atoms with Crippen LogP contribution >= 0.6 is 0 Å². The standard InChI is InChI=1S/C25H24N4O5/c1-16-7-6-10-29-23(30)13-18(26-24(16)29)15-34-22-9-5-4-8-21(22)28-25(31)27-17-11-19(32-2)14-20(12-17)33-3/h4-14H,15H2,1-3H3,(H2,27,28,31). The largest absolute Gasteiger partial charge is 0.497 e. The Morgan fingerprint density at radius 3 is 2.44 bits per heavy atom. The van der Waals surface area contributed by atoms with Gasteiger partial charge in [-0.3, -0.25) is 9.20 Å². The Labute approximate surface area is 195 Å². The van der Waals surface area contributed by atoms with E-state index in [0.29, 0.717) is 40.0 Å². The molecule has 0 spiro atoms. The molecule has 2 N–H and O–H groups in total. The molecule has 2 aromatic heterocycles. The SMILES string of the molecule is COc1cc(NC(=O)Nc2ccccc2OCc2cc(=O)n3cccc(C)c3n2)cc(OC)c1. The van der Waals surface area contributed by atoms with E-state index >= 15 is 0 Å². The summed E-state index contributed by atoms with van der Waals surface area (Å²) in [6.07, 6.45) is 1.68. The van der Waals surface area contributed by atoms with Crippen molar-refractivity contribution in [1.82, 2.24) is 9.38 Å². The summed E-state index contributed by atoms with van der Waals surface area (Å²) in [5, 5.41) is 5.53. The maximum atomic E-state index is 12.6. The molecule has 4 aromatic rings. The molecule has 4 rings (SSSR count). The molecule has 174 valence electrons. The first-order chi connectivity index (χ1) is 16.5. The third-order valence-corrected chi connectivity index (χ3v) is 5.06. The number of rotatable bonds is 7. The van der Waals surface area contributed by atoms with Crippen LogP contribution in [0.15, 0.2) is 71.7 Å². The van der Waals surface area contributed by atoms with E-state index in [4.69, 9.17) is 14.2 Å². The van der Waals surface area contributed by atoms with Crippen LogP contribution in [-0.2, 0) is 6.61 Å². The molecule has 2 heterocycles. The van der Waals surface area contributed by atoms with Crippen molar-refractivity contribution in [2.75, 3.05) is 24.9 Å². The number of hydrogen-bond donors (Lipinski definition) is 2. The first-order valence-corrected chi connectivity index (χ1v) is 10.5. The summed E-state index contributed by atoms with van der Waals surface area (Å²) in [6, 6.07) is 16.7. The number of para-hydroxylation sites is 2. The van der Waals surface area contributed by atoms with E-state index in [1.165, 1.54) is 24.7 Å². The van der Waals surface area contributed by atoms with Gasteiger partial charge >= 0.3 is 6.03 Å². The lowest BCUT2D eigenvalue weighted by atomic mass is 10.2. The van der Waals surface area contributed by atoms with Crippen LogP contribution in [0.5, 0.6) is 17.2 Å². The van der Waals surface area contributed by atoms with Gasteiger partial charge in [0.25, 0.3) is 5.56 Å². The number of methoxy groups -OCH3 is 2. The third kappa shape index (κ3) is 5.09. The number of carbonyl (C=O) groups is 1. The number of ether oxygens (including phenoxy) is 3. The number of carbonyl (C=O) groups excluding carboxylic acids is 1. The number of amides is 2. The smallest absolute Gasteiger partial charge is 0.323 e. The maximum Gasteiger partial charge on any atom is 0.323 e. The fourth-order valence-corrected chi connectivity index (χ4v) is 3.39.